The first-order chi connectivity index (χ1) is 11.6. The summed E-state index contributed by atoms with van der Waals surface area (Å²) in [6.07, 6.45) is 3.32. The van der Waals surface area contributed by atoms with Gasteiger partial charge in [-0.1, -0.05) is 0 Å². The standard InChI is InChI=1S/C16H17N5O2S/c1-10-4-5-12(23-10)15-21-11(2)13(24-15)14(22)17-8-9-20-16-18-6-3-7-19-16/h3-7H,8-9H2,1-2H3,(H,17,22)(H,18,19,20). The Balaban J connectivity index is 1.56. The Morgan fingerprint density at radius 3 is 2.71 bits per heavy atom. The molecule has 0 aliphatic carbocycles. The fraction of sp³-hybridized carbons (Fsp3) is 0.250. The summed E-state index contributed by atoms with van der Waals surface area (Å²) in [5.41, 5.74) is 0.695. The fourth-order valence-corrected chi connectivity index (χ4v) is 3.03. The molecule has 0 aromatic carbocycles. The van der Waals surface area contributed by atoms with Crippen LogP contribution in [0.5, 0.6) is 0 Å². The van der Waals surface area contributed by atoms with Gasteiger partial charge >= 0.3 is 0 Å². The van der Waals surface area contributed by atoms with Crippen molar-refractivity contribution < 1.29 is 9.21 Å². The molecule has 0 saturated heterocycles. The van der Waals surface area contributed by atoms with Gasteiger partial charge < -0.3 is 15.1 Å². The Morgan fingerprint density at radius 2 is 2.00 bits per heavy atom. The molecule has 0 atom stereocenters. The van der Waals surface area contributed by atoms with Gasteiger partial charge in [0.05, 0.1) is 5.69 Å². The number of hydrogen-bond acceptors (Lipinski definition) is 7. The molecule has 0 bridgehead atoms. The van der Waals surface area contributed by atoms with E-state index in [-0.39, 0.29) is 5.91 Å². The van der Waals surface area contributed by atoms with Crippen molar-refractivity contribution in [2.75, 3.05) is 18.4 Å². The van der Waals surface area contributed by atoms with E-state index in [1.54, 1.807) is 18.5 Å². The number of rotatable bonds is 6. The maximum atomic E-state index is 12.3. The van der Waals surface area contributed by atoms with Gasteiger partial charge in [-0.25, -0.2) is 15.0 Å². The number of aryl methyl sites for hydroxylation is 2. The predicted octanol–water partition coefficient (Wildman–Crippen LogP) is 2.65. The topological polar surface area (TPSA) is 92.9 Å². The number of nitrogens with zero attached hydrogens (tertiary/aromatic N) is 3. The third kappa shape index (κ3) is 3.77. The van der Waals surface area contributed by atoms with Crippen molar-refractivity contribution in [2.24, 2.45) is 0 Å². The highest BCUT2D eigenvalue weighted by Crippen LogP contribution is 2.29. The number of carbonyl (C=O) groups excluding carboxylic acids is 1. The van der Waals surface area contributed by atoms with E-state index < -0.39 is 0 Å². The average Bonchev–Trinajstić information content (AvgIpc) is 3.18. The number of hydrogen-bond donors (Lipinski definition) is 2. The molecule has 0 saturated carbocycles. The Morgan fingerprint density at radius 1 is 1.21 bits per heavy atom. The summed E-state index contributed by atoms with van der Waals surface area (Å²) in [5, 5.41) is 6.61. The van der Waals surface area contributed by atoms with E-state index in [1.807, 2.05) is 26.0 Å². The van der Waals surface area contributed by atoms with Gasteiger partial charge in [-0.2, -0.15) is 0 Å². The zero-order chi connectivity index (χ0) is 16.9. The molecule has 1 amide bonds. The normalized spacial score (nSPS) is 10.6. The van der Waals surface area contributed by atoms with Crippen molar-refractivity contribution >= 4 is 23.2 Å². The Kier molecular flexibility index (Phi) is 4.85. The maximum absolute atomic E-state index is 12.3. The summed E-state index contributed by atoms with van der Waals surface area (Å²) in [6, 6.07) is 5.49. The first kappa shape index (κ1) is 16.1. The van der Waals surface area contributed by atoms with E-state index in [2.05, 4.69) is 25.6 Å². The number of carbonyl (C=O) groups is 1. The van der Waals surface area contributed by atoms with Crippen molar-refractivity contribution in [3.63, 3.8) is 0 Å². The number of thiazole rings is 1. The van der Waals surface area contributed by atoms with Crippen LogP contribution in [0.15, 0.2) is 35.0 Å². The minimum absolute atomic E-state index is 0.143. The molecule has 124 valence electrons. The predicted molar refractivity (Wildman–Crippen MR) is 92.1 cm³/mol. The second kappa shape index (κ2) is 7.22. The van der Waals surface area contributed by atoms with E-state index in [0.29, 0.717) is 40.4 Å². The molecule has 0 fully saturated rings. The van der Waals surface area contributed by atoms with Crippen molar-refractivity contribution in [1.29, 1.82) is 0 Å². The summed E-state index contributed by atoms with van der Waals surface area (Å²) in [6.45, 7) is 4.70. The van der Waals surface area contributed by atoms with Crippen molar-refractivity contribution in [2.45, 2.75) is 13.8 Å². The lowest BCUT2D eigenvalue weighted by Gasteiger charge is -2.05. The summed E-state index contributed by atoms with van der Waals surface area (Å²) in [7, 11) is 0. The van der Waals surface area contributed by atoms with Crippen LogP contribution in [0.4, 0.5) is 5.95 Å². The van der Waals surface area contributed by atoms with E-state index in [1.165, 1.54) is 11.3 Å². The SMILES string of the molecule is Cc1ccc(-c2nc(C)c(C(=O)NCCNc3ncccn3)s2)o1. The van der Waals surface area contributed by atoms with Crippen LogP contribution in [0.1, 0.15) is 21.1 Å². The number of aromatic nitrogens is 3. The van der Waals surface area contributed by atoms with Crippen LogP contribution >= 0.6 is 11.3 Å². The molecule has 3 aromatic rings. The van der Waals surface area contributed by atoms with Gasteiger partial charge in [-0.15, -0.1) is 11.3 Å². The van der Waals surface area contributed by atoms with Crippen molar-refractivity contribution in [1.82, 2.24) is 20.3 Å². The molecule has 3 heterocycles. The van der Waals surface area contributed by atoms with Gasteiger partial charge in [0.2, 0.25) is 5.95 Å². The minimum Gasteiger partial charge on any atom is -0.459 e. The van der Waals surface area contributed by atoms with Crippen LogP contribution in [0.2, 0.25) is 0 Å². The second-order valence-electron chi connectivity index (χ2n) is 5.10. The summed E-state index contributed by atoms with van der Waals surface area (Å²) in [5.74, 6) is 1.90. The fourth-order valence-electron chi connectivity index (χ4n) is 2.08. The van der Waals surface area contributed by atoms with Crippen LogP contribution < -0.4 is 10.6 Å². The number of nitrogens with one attached hydrogen (secondary N) is 2. The summed E-state index contributed by atoms with van der Waals surface area (Å²) >= 11 is 1.33. The zero-order valence-corrected chi connectivity index (χ0v) is 14.2. The Bertz CT molecular complexity index is 828. The van der Waals surface area contributed by atoms with Gasteiger partial charge in [-0.05, 0) is 32.0 Å². The molecule has 0 aliphatic rings. The highest BCUT2D eigenvalue weighted by molar-refractivity contribution is 7.17. The monoisotopic (exact) mass is 343 g/mol. The van der Waals surface area contributed by atoms with Crippen LogP contribution in [-0.2, 0) is 0 Å². The number of furan rings is 1. The van der Waals surface area contributed by atoms with E-state index >= 15 is 0 Å². The molecular weight excluding hydrogens is 326 g/mol. The molecule has 3 aromatic heterocycles. The molecule has 8 heteroatoms. The second-order valence-corrected chi connectivity index (χ2v) is 6.10. The summed E-state index contributed by atoms with van der Waals surface area (Å²) in [4.78, 5) is 25.4. The smallest absolute Gasteiger partial charge is 0.263 e. The van der Waals surface area contributed by atoms with E-state index in [9.17, 15) is 4.79 Å². The molecule has 3 rings (SSSR count). The van der Waals surface area contributed by atoms with Gasteiger partial charge in [-0.3, -0.25) is 4.79 Å². The first-order valence-electron chi connectivity index (χ1n) is 7.47. The lowest BCUT2D eigenvalue weighted by atomic mass is 10.3. The van der Waals surface area contributed by atoms with E-state index in [4.69, 9.17) is 4.42 Å². The zero-order valence-electron chi connectivity index (χ0n) is 13.4. The summed E-state index contributed by atoms with van der Waals surface area (Å²) < 4.78 is 5.56. The van der Waals surface area contributed by atoms with Crippen LogP contribution in [0.25, 0.3) is 10.8 Å². The number of amides is 1. The highest BCUT2D eigenvalue weighted by atomic mass is 32.1. The molecule has 0 spiro atoms. The van der Waals surface area contributed by atoms with E-state index in [0.717, 1.165) is 5.76 Å². The lowest BCUT2D eigenvalue weighted by molar-refractivity contribution is 0.0958. The van der Waals surface area contributed by atoms with Gasteiger partial charge in [0.15, 0.2) is 10.8 Å². The third-order valence-corrected chi connectivity index (χ3v) is 4.38. The average molecular weight is 343 g/mol. The quantitative estimate of drug-likeness (QED) is 0.669. The van der Waals surface area contributed by atoms with Crippen LogP contribution in [0.3, 0.4) is 0 Å². The molecule has 7 nitrogen and oxygen atoms in total. The van der Waals surface area contributed by atoms with Gasteiger partial charge in [0.25, 0.3) is 5.91 Å². The van der Waals surface area contributed by atoms with Crippen molar-refractivity contribution in [3.8, 4) is 10.8 Å². The first-order valence-corrected chi connectivity index (χ1v) is 8.28. The lowest BCUT2D eigenvalue weighted by Crippen LogP contribution is -2.28. The molecule has 0 radical (unpaired) electrons. The molecular formula is C16H17N5O2S. The Hall–Kier alpha value is -2.74. The van der Waals surface area contributed by atoms with Gasteiger partial charge in [0.1, 0.15) is 10.6 Å². The highest BCUT2D eigenvalue weighted by Gasteiger charge is 2.17. The van der Waals surface area contributed by atoms with Gasteiger partial charge in [0, 0.05) is 25.5 Å². The molecule has 0 aliphatic heterocycles. The van der Waals surface area contributed by atoms with Crippen LogP contribution in [0, 0.1) is 13.8 Å². The largest absolute Gasteiger partial charge is 0.459 e. The molecule has 24 heavy (non-hydrogen) atoms. The number of anilines is 1. The molecule has 0 unspecified atom stereocenters. The third-order valence-electron chi connectivity index (χ3n) is 3.21. The maximum Gasteiger partial charge on any atom is 0.263 e. The van der Waals surface area contributed by atoms with Crippen molar-refractivity contribution in [3.05, 3.63) is 46.9 Å². The minimum atomic E-state index is -0.143. The van der Waals surface area contributed by atoms with Crippen LogP contribution in [-0.4, -0.2) is 33.9 Å². The molecule has 2 N–H and O–H groups in total. The Labute approximate surface area is 143 Å².